The summed E-state index contributed by atoms with van der Waals surface area (Å²) in [6, 6.07) is 6.23. The topological polar surface area (TPSA) is 105 Å². The molecule has 4 N–H and O–H groups in total. The van der Waals surface area contributed by atoms with E-state index in [1.54, 1.807) is 0 Å². The Morgan fingerprint density at radius 3 is 0.720 bits per heavy atom. The lowest BCUT2D eigenvalue weighted by atomic mass is 9.95. The first-order valence-corrected chi connectivity index (χ1v) is 34.0. The molecule has 0 aliphatic carbocycles. The van der Waals surface area contributed by atoms with E-state index in [2.05, 4.69) is 26.0 Å². The van der Waals surface area contributed by atoms with Crippen molar-refractivity contribution in [2.45, 2.75) is 393 Å². The number of nitrogens with two attached hydrogens (primary N) is 2. The number of carbonyl (C=O) groups is 2. The summed E-state index contributed by atoms with van der Waals surface area (Å²) in [6.45, 7) is 4.60. The van der Waals surface area contributed by atoms with Gasteiger partial charge in [-0.2, -0.15) is 0 Å². The van der Waals surface area contributed by atoms with Crippen LogP contribution < -0.4 is 11.5 Å². The molecule has 1 aromatic carbocycles. The fraction of sp³-hybridized carbons (Fsp3) is 0.884. The lowest BCUT2D eigenvalue weighted by Crippen LogP contribution is -2.25. The number of carbonyl (C=O) groups excluding carboxylic acids is 2. The normalized spacial score (nSPS) is 11.6. The molecule has 0 heterocycles. The van der Waals surface area contributed by atoms with Crippen LogP contribution in [0, 0.1) is 0 Å². The van der Waals surface area contributed by atoms with Gasteiger partial charge in [0.2, 0.25) is 0 Å². The van der Waals surface area contributed by atoms with Crippen LogP contribution in [0.2, 0.25) is 0 Å². The van der Waals surface area contributed by atoms with Crippen molar-refractivity contribution in [1.29, 1.82) is 0 Å². The SMILES string of the molecule is CCCCCCCCCCCCCCCCCCCCCCCCCCCCCCc1ccc(C(OC(N)=O)OC(N)=O)c(CCCCCCCCCCCCCCCCCCCCCCCCCCCCCC)c1. The molecule has 0 atom stereocenters. The Bertz CT molecular complexity index is 1320. The highest BCUT2D eigenvalue weighted by molar-refractivity contribution is 5.67. The van der Waals surface area contributed by atoms with Crippen LogP contribution in [-0.2, 0) is 22.3 Å². The second-order valence-corrected chi connectivity index (χ2v) is 23.8. The van der Waals surface area contributed by atoms with Gasteiger partial charge in [-0.15, -0.1) is 0 Å². The van der Waals surface area contributed by atoms with Crippen LogP contribution in [0.1, 0.15) is 396 Å². The zero-order valence-corrected chi connectivity index (χ0v) is 50.6. The van der Waals surface area contributed by atoms with Crippen molar-refractivity contribution >= 4 is 12.2 Å². The van der Waals surface area contributed by atoms with Gasteiger partial charge in [0.1, 0.15) is 0 Å². The molecule has 0 aliphatic rings. The van der Waals surface area contributed by atoms with Crippen molar-refractivity contribution in [3.63, 3.8) is 0 Å². The van der Waals surface area contributed by atoms with E-state index in [0.717, 1.165) is 37.7 Å². The molecule has 0 radical (unpaired) electrons. The zero-order valence-electron chi connectivity index (χ0n) is 50.6. The predicted molar refractivity (Wildman–Crippen MR) is 328 cm³/mol. The molecular weight excluding hydrogens is 921 g/mol. The Morgan fingerprint density at radius 2 is 0.507 bits per heavy atom. The maximum absolute atomic E-state index is 11.7. The van der Waals surface area contributed by atoms with E-state index in [0.29, 0.717) is 5.56 Å². The van der Waals surface area contributed by atoms with E-state index in [4.69, 9.17) is 20.9 Å². The Labute approximate surface area is 468 Å². The molecule has 2 amide bonds. The highest BCUT2D eigenvalue weighted by atomic mass is 16.7. The summed E-state index contributed by atoms with van der Waals surface area (Å²) in [5, 5.41) is 0. The molecule has 440 valence electrons. The molecule has 0 aromatic heterocycles. The van der Waals surface area contributed by atoms with Crippen LogP contribution in [0.4, 0.5) is 9.59 Å². The summed E-state index contributed by atoms with van der Waals surface area (Å²) in [5.41, 5.74) is 13.7. The minimum atomic E-state index is -1.23. The van der Waals surface area contributed by atoms with Gasteiger partial charge in [-0.05, 0) is 36.8 Å². The third kappa shape index (κ3) is 51.0. The summed E-state index contributed by atoms with van der Waals surface area (Å²) in [5.74, 6) is 0. The largest absolute Gasteiger partial charge is 0.407 e. The first-order valence-electron chi connectivity index (χ1n) is 34.0. The van der Waals surface area contributed by atoms with Gasteiger partial charge in [0.15, 0.2) is 0 Å². The number of unbranched alkanes of at least 4 members (excludes halogenated alkanes) is 54. The molecule has 0 saturated carbocycles. The molecule has 75 heavy (non-hydrogen) atoms. The third-order valence-electron chi connectivity index (χ3n) is 16.5. The second-order valence-electron chi connectivity index (χ2n) is 23.8. The fourth-order valence-corrected chi connectivity index (χ4v) is 11.6. The molecule has 0 unspecified atom stereocenters. The summed E-state index contributed by atoms with van der Waals surface area (Å²) in [6.07, 6.45) is 77.2. The average molecular weight is 1050 g/mol. The smallest absolute Gasteiger partial charge is 0.405 e. The fourth-order valence-electron chi connectivity index (χ4n) is 11.6. The van der Waals surface area contributed by atoms with Gasteiger partial charge in [-0.25, -0.2) is 9.59 Å². The quantitative estimate of drug-likeness (QED) is 0.0501. The maximum Gasteiger partial charge on any atom is 0.407 e. The number of hydrogen-bond donors (Lipinski definition) is 2. The number of rotatable bonds is 61. The predicted octanol–water partition coefficient (Wildman–Crippen LogP) is 23.8. The number of hydrogen-bond acceptors (Lipinski definition) is 4. The van der Waals surface area contributed by atoms with Gasteiger partial charge in [0, 0.05) is 5.56 Å². The minimum Gasteiger partial charge on any atom is -0.405 e. The van der Waals surface area contributed by atoms with E-state index in [1.807, 2.05) is 6.07 Å². The number of amides is 2. The van der Waals surface area contributed by atoms with Gasteiger partial charge in [0.05, 0.1) is 0 Å². The van der Waals surface area contributed by atoms with Gasteiger partial charge in [-0.1, -0.05) is 379 Å². The second kappa shape index (κ2) is 57.9. The lowest BCUT2D eigenvalue weighted by Gasteiger charge is -2.20. The van der Waals surface area contributed by atoms with Crippen molar-refractivity contribution < 1.29 is 19.1 Å². The van der Waals surface area contributed by atoms with Gasteiger partial charge >= 0.3 is 12.2 Å². The van der Waals surface area contributed by atoms with Gasteiger partial charge in [-0.3, -0.25) is 0 Å². The van der Waals surface area contributed by atoms with Crippen molar-refractivity contribution in [1.82, 2.24) is 0 Å². The summed E-state index contributed by atoms with van der Waals surface area (Å²) < 4.78 is 10.5. The zero-order chi connectivity index (χ0) is 54.0. The van der Waals surface area contributed by atoms with E-state index in [9.17, 15) is 9.59 Å². The molecule has 0 fully saturated rings. The first-order chi connectivity index (χ1) is 37.0. The van der Waals surface area contributed by atoms with E-state index in [-0.39, 0.29) is 0 Å². The Balaban J connectivity index is 2.07. The molecule has 0 saturated heterocycles. The van der Waals surface area contributed by atoms with Crippen LogP contribution in [0.25, 0.3) is 0 Å². The summed E-state index contributed by atoms with van der Waals surface area (Å²) in [7, 11) is 0. The molecule has 0 aliphatic heterocycles. The number of primary amides is 2. The molecule has 1 rings (SSSR count). The Kier molecular flexibility index (Phi) is 54.7. The third-order valence-corrected chi connectivity index (χ3v) is 16.5. The molecule has 0 bridgehead atoms. The molecule has 6 nitrogen and oxygen atoms in total. The van der Waals surface area contributed by atoms with E-state index >= 15 is 0 Å². The Hall–Kier alpha value is -2.24. The van der Waals surface area contributed by atoms with E-state index < -0.39 is 18.5 Å². The van der Waals surface area contributed by atoms with Crippen LogP contribution in [0.15, 0.2) is 18.2 Å². The van der Waals surface area contributed by atoms with Crippen LogP contribution >= 0.6 is 0 Å². The van der Waals surface area contributed by atoms with Crippen LogP contribution in [-0.4, -0.2) is 12.2 Å². The maximum atomic E-state index is 11.7. The summed E-state index contributed by atoms with van der Waals surface area (Å²) in [4.78, 5) is 23.5. The number of benzene rings is 1. The molecule has 1 aromatic rings. The molecule has 0 spiro atoms. The van der Waals surface area contributed by atoms with Crippen LogP contribution in [0.3, 0.4) is 0 Å². The van der Waals surface area contributed by atoms with Crippen molar-refractivity contribution in [3.05, 3.63) is 34.9 Å². The number of ether oxygens (including phenoxy) is 2. The summed E-state index contributed by atoms with van der Waals surface area (Å²) >= 11 is 0. The highest BCUT2D eigenvalue weighted by Crippen LogP contribution is 2.28. The minimum absolute atomic E-state index is 0.664. The molecular formula is C69H130N2O4. The van der Waals surface area contributed by atoms with E-state index in [1.165, 1.54) is 346 Å². The van der Waals surface area contributed by atoms with Crippen molar-refractivity contribution in [2.75, 3.05) is 0 Å². The lowest BCUT2D eigenvalue weighted by molar-refractivity contribution is -0.0583. The Morgan fingerprint density at radius 1 is 0.307 bits per heavy atom. The number of aryl methyl sites for hydroxylation is 2. The monoisotopic (exact) mass is 1050 g/mol. The van der Waals surface area contributed by atoms with Crippen LogP contribution in [0.5, 0.6) is 0 Å². The molecule has 6 heteroatoms. The first kappa shape index (κ1) is 70.8. The highest BCUT2D eigenvalue weighted by Gasteiger charge is 2.22. The van der Waals surface area contributed by atoms with Crippen molar-refractivity contribution in [2.24, 2.45) is 11.5 Å². The standard InChI is InChI=1S/C69H130N2O4/c1-3-5-7-9-11-13-15-17-19-21-23-25-27-29-31-33-35-37-39-41-43-45-47-49-51-53-55-57-59-64-61-62-66(67(74-68(70)72)75-69(71)73)65(63-64)60-58-56-54-52-50-48-46-44-42-40-38-36-34-32-30-28-26-24-22-20-18-16-14-12-10-8-6-4-2/h61-63,67H,3-60H2,1-2H3,(H2,70,72)(H2,71,73). The van der Waals surface area contributed by atoms with Gasteiger partial charge in [0.25, 0.3) is 6.29 Å². The van der Waals surface area contributed by atoms with Gasteiger partial charge < -0.3 is 20.9 Å². The van der Waals surface area contributed by atoms with Crippen molar-refractivity contribution in [3.8, 4) is 0 Å². The average Bonchev–Trinajstić information content (AvgIpc) is 3.39.